The van der Waals surface area contributed by atoms with Gasteiger partial charge in [0.05, 0.1) is 17.4 Å². The van der Waals surface area contributed by atoms with E-state index < -0.39 is 5.91 Å². The van der Waals surface area contributed by atoms with Crippen LogP contribution in [0.25, 0.3) is 11.0 Å². The second-order valence-electron chi connectivity index (χ2n) is 6.01. The topological polar surface area (TPSA) is 87.4 Å². The molecular weight excluding hydrogens is 318 g/mol. The molecule has 0 fully saturated rings. The molecule has 0 radical (unpaired) electrons. The lowest BCUT2D eigenvalue weighted by molar-refractivity contribution is 0.0706. The second-order valence-corrected chi connectivity index (χ2v) is 6.01. The van der Waals surface area contributed by atoms with Crippen molar-refractivity contribution in [3.05, 3.63) is 66.0 Å². The number of benzene rings is 2. The van der Waals surface area contributed by atoms with Gasteiger partial charge in [0, 0.05) is 18.2 Å². The number of nitrogens with one attached hydrogen (secondary N) is 1. The maximum absolute atomic E-state index is 11.6. The number of hydrogen-bond donors (Lipinski definition) is 3. The van der Waals surface area contributed by atoms with Gasteiger partial charge < -0.3 is 9.67 Å². The summed E-state index contributed by atoms with van der Waals surface area (Å²) in [5.41, 5.74) is 4.84. The number of aliphatic hydroxyl groups excluding tert-OH is 1. The standard InChI is InChI=1S/C19H21N3O3/c23-10-4-7-16(11-14-5-2-1-3-6-14)22-13-20-17-12-15(19(24)21-25)8-9-18(17)22/h1-3,5-6,8-9,12-13,16,23,25H,4,7,10-11H2,(H,21,24). The van der Waals surface area contributed by atoms with Gasteiger partial charge in [0.1, 0.15) is 0 Å². The molecule has 0 bridgehead atoms. The summed E-state index contributed by atoms with van der Waals surface area (Å²) in [5.74, 6) is -0.558. The number of rotatable bonds is 7. The summed E-state index contributed by atoms with van der Waals surface area (Å²) in [6.07, 6.45) is 4.15. The summed E-state index contributed by atoms with van der Waals surface area (Å²) in [6.45, 7) is 0.152. The first kappa shape index (κ1) is 17.1. The highest BCUT2D eigenvalue weighted by Gasteiger charge is 2.16. The summed E-state index contributed by atoms with van der Waals surface area (Å²) >= 11 is 0. The van der Waals surface area contributed by atoms with Gasteiger partial charge in [0.2, 0.25) is 0 Å². The maximum atomic E-state index is 11.6. The second kappa shape index (κ2) is 7.92. The van der Waals surface area contributed by atoms with E-state index in [1.165, 1.54) is 5.56 Å². The third-order valence-corrected chi connectivity index (χ3v) is 4.34. The van der Waals surface area contributed by atoms with E-state index in [0.717, 1.165) is 18.4 Å². The van der Waals surface area contributed by atoms with Gasteiger partial charge in [-0.25, -0.2) is 10.5 Å². The van der Waals surface area contributed by atoms with Crippen molar-refractivity contribution in [2.45, 2.75) is 25.3 Å². The minimum atomic E-state index is -0.558. The molecule has 6 nitrogen and oxygen atoms in total. The minimum absolute atomic E-state index is 0.152. The van der Waals surface area contributed by atoms with Crippen molar-refractivity contribution >= 4 is 16.9 Å². The number of amides is 1. The lowest BCUT2D eigenvalue weighted by atomic mass is 10.0. The number of carbonyl (C=O) groups excluding carboxylic acids is 1. The van der Waals surface area contributed by atoms with Crippen LogP contribution in [0.3, 0.4) is 0 Å². The zero-order valence-corrected chi connectivity index (χ0v) is 13.8. The Kier molecular flexibility index (Phi) is 5.42. The van der Waals surface area contributed by atoms with Crippen LogP contribution in [0.5, 0.6) is 0 Å². The highest BCUT2D eigenvalue weighted by atomic mass is 16.5. The quantitative estimate of drug-likeness (QED) is 0.456. The number of hydroxylamine groups is 1. The SMILES string of the molecule is O=C(NO)c1ccc2c(c1)ncn2C(CCCO)Cc1ccccc1. The summed E-state index contributed by atoms with van der Waals surface area (Å²) in [7, 11) is 0. The Labute approximate surface area is 145 Å². The Morgan fingerprint density at radius 1 is 1.20 bits per heavy atom. The van der Waals surface area contributed by atoms with E-state index in [-0.39, 0.29) is 12.6 Å². The molecule has 0 aliphatic rings. The fourth-order valence-electron chi connectivity index (χ4n) is 3.08. The van der Waals surface area contributed by atoms with Crippen molar-refractivity contribution in [3.63, 3.8) is 0 Å². The van der Waals surface area contributed by atoms with Crippen LogP contribution in [0.1, 0.15) is 34.8 Å². The molecule has 0 spiro atoms. The average Bonchev–Trinajstić information content (AvgIpc) is 3.08. The van der Waals surface area contributed by atoms with Gasteiger partial charge >= 0.3 is 0 Å². The first-order chi connectivity index (χ1) is 12.2. The first-order valence-electron chi connectivity index (χ1n) is 8.28. The van der Waals surface area contributed by atoms with Gasteiger partial charge in [-0.15, -0.1) is 0 Å². The fraction of sp³-hybridized carbons (Fsp3) is 0.263. The van der Waals surface area contributed by atoms with Crippen LogP contribution in [0.15, 0.2) is 54.9 Å². The Morgan fingerprint density at radius 2 is 2.00 bits per heavy atom. The van der Waals surface area contributed by atoms with Gasteiger partial charge in [0.25, 0.3) is 5.91 Å². The van der Waals surface area contributed by atoms with E-state index in [1.54, 1.807) is 23.9 Å². The Hall–Kier alpha value is -2.70. The molecule has 0 saturated heterocycles. The lowest BCUT2D eigenvalue weighted by Gasteiger charge is -2.19. The van der Waals surface area contributed by atoms with Crippen LogP contribution in [-0.2, 0) is 6.42 Å². The third kappa shape index (κ3) is 3.87. The van der Waals surface area contributed by atoms with E-state index in [0.29, 0.717) is 17.5 Å². The largest absolute Gasteiger partial charge is 0.396 e. The number of hydrogen-bond acceptors (Lipinski definition) is 4. The molecule has 1 unspecified atom stereocenters. The zero-order valence-electron chi connectivity index (χ0n) is 13.8. The van der Waals surface area contributed by atoms with E-state index in [4.69, 9.17) is 5.21 Å². The molecule has 2 aromatic carbocycles. The summed E-state index contributed by atoms with van der Waals surface area (Å²) in [4.78, 5) is 16.0. The Bertz CT molecular complexity index is 846. The van der Waals surface area contributed by atoms with Crippen molar-refractivity contribution in [1.29, 1.82) is 0 Å². The van der Waals surface area contributed by atoms with Gasteiger partial charge in [-0.05, 0) is 43.0 Å². The van der Waals surface area contributed by atoms with Crippen molar-refractivity contribution in [3.8, 4) is 0 Å². The van der Waals surface area contributed by atoms with Gasteiger partial charge in [0.15, 0.2) is 0 Å². The summed E-state index contributed by atoms with van der Waals surface area (Å²) < 4.78 is 2.10. The summed E-state index contributed by atoms with van der Waals surface area (Å²) in [5, 5.41) is 18.0. The predicted molar refractivity (Wildman–Crippen MR) is 94.5 cm³/mol. The van der Waals surface area contributed by atoms with Crippen LogP contribution in [0.2, 0.25) is 0 Å². The lowest BCUT2D eigenvalue weighted by Crippen LogP contribution is -2.18. The molecule has 0 saturated carbocycles. The fourth-order valence-corrected chi connectivity index (χ4v) is 3.08. The summed E-state index contributed by atoms with van der Waals surface area (Å²) in [6, 6.07) is 15.5. The zero-order chi connectivity index (χ0) is 17.6. The highest BCUT2D eigenvalue weighted by Crippen LogP contribution is 2.25. The van der Waals surface area contributed by atoms with Crippen LogP contribution in [-0.4, -0.2) is 32.4 Å². The number of aliphatic hydroxyl groups is 1. The average molecular weight is 339 g/mol. The molecule has 3 N–H and O–H groups in total. The van der Waals surface area contributed by atoms with E-state index in [2.05, 4.69) is 21.7 Å². The molecule has 1 aromatic heterocycles. The van der Waals surface area contributed by atoms with Crippen molar-refractivity contribution in [1.82, 2.24) is 15.0 Å². The Morgan fingerprint density at radius 3 is 2.72 bits per heavy atom. The van der Waals surface area contributed by atoms with Crippen LogP contribution < -0.4 is 5.48 Å². The Balaban J connectivity index is 1.93. The third-order valence-electron chi connectivity index (χ3n) is 4.34. The van der Waals surface area contributed by atoms with E-state index in [9.17, 15) is 9.90 Å². The molecule has 1 heterocycles. The molecule has 0 aliphatic carbocycles. The van der Waals surface area contributed by atoms with E-state index >= 15 is 0 Å². The molecule has 3 rings (SSSR count). The minimum Gasteiger partial charge on any atom is -0.396 e. The normalized spacial score (nSPS) is 12.2. The molecule has 3 aromatic rings. The number of fused-ring (bicyclic) bond motifs is 1. The van der Waals surface area contributed by atoms with Crippen LogP contribution in [0, 0.1) is 0 Å². The smallest absolute Gasteiger partial charge is 0.274 e. The van der Waals surface area contributed by atoms with Crippen LogP contribution >= 0.6 is 0 Å². The molecule has 130 valence electrons. The molecule has 1 amide bonds. The molecule has 25 heavy (non-hydrogen) atoms. The molecule has 6 heteroatoms. The monoisotopic (exact) mass is 339 g/mol. The molecule has 1 atom stereocenters. The number of imidazole rings is 1. The predicted octanol–water partition coefficient (Wildman–Crippen LogP) is 2.71. The van der Waals surface area contributed by atoms with Crippen molar-refractivity contribution < 1.29 is 15.1 Å². The highest BCUT2D eigenvalue weighted by molar-refractivity contribution is 5.96. The van der Waals surface area contributed by atoms with Crippen molar-refractivity contribution in [2.24, 2.45) is 0 Å². The van der Waals surface area contributed by atoms with Gasteiger partial charge in [-0.2, -0.15) is 0 Å². The number of nitrogens with zero attached hydrogens (tertiary/aromatic N) is 2. The number of aromatic nitrogens is 2. The molecular formula is C19H21N3O3. The molecule has 0 aliphatic heterocycles. The van der Waals surface area contributed by atoms with Crippen molar-refractivity contribution in [2.75, 3.05) is 6.61 Å². The van der Waals surface area contributed by atoms with Gasteiger partial charge in [-0.1, -0.05) is 30.3 Å². The number of carbonyl (C=O) groups is 1. The maximum Gasteiger partial charge on any atom is 0.274 e. The van der Waals surface area contributed by atoms with E-state index in [1.807, 2.05) is 24.3 Å². The van der Waals surface area contributed by atoms with Crippen LogP contribution in [0.4, 0.5) is 0 Å². The first-order valence-corrected chi connectivity index (χ1v) is 8.28. The van der Waals surface area contributed by atoms with Gasteiger partial charge in [-0.3, -0.25) is 10.0 Å².